The van der Waals surface area contributed by atoms with Crippen molar-refractivity contribution >= 4 is 47.8 Å². The van der Waals surface area contributed by atoms with Crippen LogP contribution in [0.5, 0.6) is 0 Å². The van der Waals surface area contributed by atoms with Gasteiger partial charge in [-0.05, 0) is 106 Å². The summed E-state index contributed by atoms with van der Waals surface area (Å²) in [4.78, 5) is 30.7. The topological polar surface area (TPSA) is 106 Å². The van der Waals surface area contributed by atoms with Crippen molar-refractivity contribution < 1.29 is 20.0 Å². The Kier molecular flexibility index (Phi) is 15.8. The van der Waals surface area contributed by atoms with Crippen molar-refractivity contribution in [3.8, 4) is 11.1 Å². The highest BCUT2D eigenvalue weighted by Crippen LogP contribution is 2.37. The quantitative estimate of drug-likeness (QED) is 0.0849. The molecule has 8 nitrogen and oxygen atoms in total. The van der Waals surface area contributed by atoms with E-state index in [0.29, 0.717) is 30.4 Å². The molecule has 10 heteroatoms. The van der Waals surface area contributed by atoms with Crippen LogP contribution in [-0.4, -0.2) is 82.5 Å². The standard InChI is InChI=1S/C31H42N4O4.2ClH/c1-5-34(6-2)17-9-11-28(32-38)30(36)22-13-15-26-24(19-22)21-25-20-23(14-16-27(25)26)31(37)29(33-39)12-10-18-35(7-3)8-4;;/h13-16,19-20,38-39H,5-12,17-18,21H2,1-4H3;2*1H. The fraction of sp³-hybridized carbons (Fsp3) is 0.484. The summed E-state index contributed by atoms with van der Waals surface area (Å²) in [7, 11) is 0. The molecule has 0 aromatic heterocycles. The summed E-state index contributed by atoms with van der Waals surface area (Å²) >= 11 is 0. The average molecular weight is 608 g/mol. The van der Waals surface area contributed by atoms with Crippen molar-refractivity contribution in [3.05, 3.63) is 58.7 Å². The summed E-state index contributed by atoms with van der Waals surface area (Å²) in [6.07, 6.45) is 2.91. The highest BCUT2D eigenvalue weighted by molar-refractivity contribution is 6.46. The molecule has 0 heterocycles. The van der Waals surface area contributed by atoms with Crippen molar-refractivity contribution in [2.75, 3.05) is 39.3 Å². The van der Waals surface area contributed by atoms with Crippen molar-refractivity contribution in [1.82, 2.24) is 9.80 Å². The summed E-state index contributed by atoms with van der Waals surface area (Å²) in [5, 5.41) is 25.7. The summed E-state index contributed by atoms with van der Waals surface area (Å²) in [6, 6.07) is 11.1. The molecule has 0 saturated carbocycles. The molecule has 0 spiro atoms. The molecule has 0 aliphatic heterocycles. The highest BCUT2D eigenvalue weighted by atomic mass is 35.5. The molecule has 0 atom stereocenters. The zero-order valence-corrected chi connectivity index (χ0v) is 26.2. The van der Waals surface area contributed by atoms with Crippen LogP contribution in [0.25, 0.3) is 11.1 Å². The van der Waals surface area contributed by atoms with Gasteiger partial charge in [0.15, 0.2) is 0 Å². The molecule has 0 radical (unpaired) electrons. The van der Waals surface area contributed by atoms with Gasteiger partial charge in [-0.3, -0.25) is 9.59 Å². The van der Waals surface area contributed by atoms with Crippen molar-refractivity contribution in [1.29, 1.82) is 0 Å². The number of oxime groups is 2. The van der Waals surface area contributed by atoms with Crippen LogP contribution in [0.15, 0.2) is 46.7 Å². The van der Waals surface area contributed by atoms with E-state index in [2.05, 4.69) is 47.8 Å². The number of rotatable bonds is 16. The molecule has 41 heavy (non-hydrogen) atoms. The minimum Gasteiger partial charge on any atom is -0.411 e. The second-order valence-corrected chi connectivity index (χ2v) is 9.93. The van der Waals surface area contributed by atoms with Gasteiger partial charge in [0, 0.05) is 11.1 Å². The van der Waals surface area contributed by atoms with Crippen LogP contribution in [0.1, 0.15) is 85.2 Å². The molecule has 2 N–H and O–H groups in total. The first kappa shape index (κ1) is 36.2. The number of nitrogens with zero attached hydrogens (tertiary/aromatic N) is 4. The number of hydrogen-bond donors (Lipinski definition) is 2. The largest absolute Gasteiger partial charge is 0.411 e. The van der Waals surface area contributed by atoms with Crippen molar-refractivity contribution in [2.24, 2.45) is 10.3 Å². The molecule has 0 amide bonds. The van der Waals surface area contributed by atoms with Crippen LogP contribution < -0.4 is 0 Å². The average Bonchev–Trinajstić information content (AvgIpc) is 3.34. The molecule has 226 valence electrons. The SMILES string of the molecule is CCN(CC)CCCC(=NO)C(=O)c1ccc2c(c1)Cc1cc(C(=O)C(CCCN(CC)CC)=NO)ccc1-2.Cl.Cl. The number of carbonyl (C=O) groups excluding carboxylic acids is 2. The van der Waals surface area contributed by atoms with E-state index in [-0.39, 0.29) is 47.8 Å². The van der Waals surface area contributed by atoms with E-state index in [4.69, 9.17) is 0 Å². The second kappa shape index (κ2) is 17.9. The lowest BCUT2D eigenvalue weighted by Gasteiger charge is -2.17. The van der Waals surface area contributed by atoms with E-state index in [1.807, 2.05) is 24.3 Å². The van der Waals surface area contributed by atoms with Gasteiger partial charge in [-0.25, -0.2) is 0 Å². The van der Waals surface area contributed by atoms with Gasteiger partial charge in [-0.15, -0.1) is 24.8 Å². The number of halogens is 2. The Morgan fingerprint density at radius 3 is 1.37 bits per heavy atom. The fourth-order valence-corrected chi connectivity index (χ4v) is 5.26. The maximum Gasteiger partial charge on any atom is 0.210 e. The highest BCUT2D eigenvalue weighted by Gasteiger charge is 2.24. The summed E-state index contributed by atoms with van der Waals surface area (Å²) in [5.74, 6) is -0.527. The third-order valence-electron chi connectivity index (χ3n) is 7.74. The molecular weight excluding hydrogens is 563 g/mol. The lowest BCUT2D eigenvalue weighted by molar-refractivity contribution is 0.105. The number of fused-ring (bicyclic) bond motifs is 3. The Morgan fingerprint density at radius 2 is 1.05 bits per heavy atom. The van der Waals surface area contributed by atoms with Crippen LogP contribution in [0.3, 0.4) is 0 Å². The molecule has 1 aliphatic carbocycles. The van der Waals surface area contributed by atoms with Gasteiger partial charge >= 0.3 is 0 Å². The molecular formula is C31H44Cl2N4O4. The smallest absolute Gasteiger partial charge is 0.210 e. The maximum atomic E-state index is 13.1. The van der Waals surface area contributed by atoms with Gasteiger partial charge in [0.05, 0.1) is 0 Å². The third-order valence-corrected chi connectivity index (χ3v) is 7.74. The van der Waals surface area contributed by atoms with E-state index in [0.717, 1.165) is 74.4 Å². The number of benzene rings is 2. The molecule has 1 aliphatic rings. The van der Waals surface area contributed by atoms with Gasteiger partial charge in [-0.1, -0.05) is 62.3 Å². The van der Waals surface area contributed by atoms with Crippen molar-refractivity contribution in [3.63, 3.8) is 0 Å². The molecule has 2 aromatic carbocycles. The zero-order chi connectivity index (χ0) is 28.4. The number of Topliss-reactive ketones (excluding diaryl/α,β-unsaturated/α-hetero) is 2. The number of ketones is 2. The van der Waals surface area contributed by atoms with Crippen LogP contribution in [0.2, 0.25) is 0 Å². The van der Waals surface area contributed by atoms with E-state index in [9.17, 15) is 20.0 Å². The monoisotopic (exact) mass is 606 g/mol. The Labute approximate surface area is 256 Å². The van der Waals surface area contributed by atoms with Gasteiger partial charge in [0.1, 0.15) is 11.4 Å². The van der Waals surface area contributed by atoms with Crippen LogP contribution in [0.4, 0.5) is 0 Å². The van der Waals surface area contributed by atoms with E-state index < -0.39 is 0 Å². The van der Waals surface area contributed by atoms with Gasteiger partial charge in [-0.2, -0.15) is 0 Å². The molecule has 0 unspecified atom stereocenters. The molecule has 0 saturated heterocycles. The number of hydrogen-bond acceptors (Lipinski definition) is 8. The molecule has 0 fully saturated rings. The van der Waals surface area contributed by atoms with Crippen LogP contribution >= 0.6 is 24.8 Å². The van der Waals surface area contributed by atoms with E-state index in [1.54, 1.807) is 12.1 Å². The maximum absolute atomic E-state index is 13.1. The Hall–Kier alpha value is -2.78. The minimum absolute atomic E-state index is 0. The van der Waals surface area contributed by atoms with Gasteiger partial charge in [0.25, 0.3) is 0 Å². The third kappa shape index (κ3) is 9.10. The summed E-state index contributed by atoms with van der Waals surface area (Å²) in [6.45, 7) is 13.9. The van der Waals surface area contributed by atoms with Gasteiger partial charge < -0.3 is 20.2 Å². The molecule has 3 rings (SSSR count). The number of carbonyl (C=O) groups is 2. The van der Waals surface area contributed by atoms with E-state index >= 15 is 0 Å². The Bertz CT molecular complexity index is 1130. The summed E-state index contributed by atoms with van der Waals surface area (Å²) in [5.41, 5.74) is 5.38. The first-order valence-corrected chi connectivity index (χ1v) is 14.1. The van der Waals surface area contributed by atoms with Gasteiger partial charge in [0.2, 0.25) is 11.6 Å². The first-order valence-electron chi connectivity index (χ1n) is 14.1. The fourth-order valence-electron chi connectivity index (χ4n) is 5.26. The lowest BCUT2D eigenvalue weighted by atomic mass is 9.97. The minimum atomic E-state index is -0.264. The van der Waals surface area contributed by atoms with Crippen LogP contribution in [-0.2, 0) is 6.42 Å². The normalized spacial score (nSPS) is 12.5. The zero-order valence-electron chi connectivity index (χ0n) is 24.6. The van der Waals surface area contributed by atoms with E-state index in [1.165, 1.54) is 0 Å². The van der Waals surface area contributed by atoms with Crippen molar-refractivity contribution in [2.45, 2.75) is 59.8 Å². The van der Waals surface area contributed by atoms with Crippen LogP contribution in [0, 0.1) is 0 Å². The Balaban J connectivity index is 0.00000420. The lowest BCUT2D eigenvalue weighted by Crippen LogP contribution is -2.25. The first-order chi connectivity index (χ1) is 18.9. The molecule has 2 aromatic rings. The Morgan fingerprint density at radius 1 is 0.683 bits per heavy atom. The molecule has 0 bridgehead atoms. The summed E-state index contributed by atoms with van der Waals surface area (Å²) < 4.78 is 0. The predicted octanol–water partition coefficient (Wildman–Crippen LogP) is 6.37. The predicted molar refractivity (Wildman–Crippen MR) is 170 cm³/mol. The second-order valence-electron chi connectivity index (χ2n) is 9.93.